The Labute approximate surface area is 161 Å². The predicted molar refractivity (Wildman–Crippen MR) is 105 cm³/mol. The number of nitrogens with one attached hydrogen (secondary N) is 1. The van der Waals surface area contributed by atoms with Crippen molar-refractivity contribution in [2.24, 2.45) is 0 Å². The van der Waals surface area contributed by atoms with Crippen molar-refractivity contribution in [3.05, 3.63) is 24.2 Å². The van der Waals surface area contributed by atoms with E-state index in [1.54, 1.807) is 6.92 Å². The fourth-order valence-electron chi connectivity index (χ4n) is 4.07. The number of aromatic nitrogens is 2. The molecule has 0 saturated carbocycles. The second kappa shape index (κ2) is 8.12. The summed E-state index contributed by atoms with van der Waals surface area (Å²) in [4.78, 5) is 12.8. The maximum absolute atomic E-state index is 11.4. The van der Waals surface area contributed by atoms with E-state index >= 15 is 0 Å². The lowest BCUT2D eigenvalue weighted by atomic mass is 9.97. The third kappa shape index (κ3) is 4.97. The molecule has 1 aromatic heterocycles. The second-order valence-corrected chi connectivity index (χ2v) is 9.32. The number of hydrogen-bond acceptors (Lipinski definition) is 7. The Hall–Kier alpha value is -1.71. The summed E-state index contributed by atoms with van der Waals surface area (Å²) in [6.45, 7) is 9.63. The van der Waals surface area contributed by atoms with Crippen molar-refractivity contribution in [1.82, 2.24) is 24.5 Å². The largest absolute Gasteiger partial charge is 0.493 e. The summed E-state index contributed by atoms with van der Waals surface area (Å²) in [5.74, 6) is 0.00149. The van der Waals surface area contributed by atoms with Gasteiger partial charge in [-0.1, -0.05) is 6.58 Å². The van der Waals surface area contributed by atoms with Gasteiger partial charge < -0.3 is 14.9 Å². The Balaban J connectivity index is 1.51. The van der Waals surface area contributed by atoms with E-state index in [9.17, 15) is 13.5 Å². The highest BCUT2D eigenvalue weighted by molar-refractivity contribution is 7.88. The molecule has 0 unspecified atom stereocenters. The molecule has 9 heteroatoms. The zero-order chi connectivity index (χ0) is 19.6. The molecule has 3 rings (SSSR count). The van der Waals surface area contributed by atoms with Crippen molar-refractivity contribution in [1.29, 1.82) is 0 Å². The SMILES string of the molecule is C=C(c1ncnc(O)c1C)N1CCC(N2CCC(NS(C)(=O)=O)CC2)CC1. The van der Waals surface area contributed by atoms with Gasteiger partial charge in [-0.15, -0.1) is 0 Å². The van der Waals surface area contributed by atoms with Gasteiger partial charge in [0.05, 0.1) is 17.6 Å². The Bertz CT molecular complexity index is 782. The molecule has 1 aromatic rings. The van der Waals surface area contributed by atoms with E-state index in [0.717, 1.165) is 57.6 Å². The Morgan fingerprint density at radius 2 is 1.81 bits per heavy atom. The van der Waals surface area contributed by atoms with Crippen LogP contribution in [0.1, 0.15) is 36.9 Å². The first-order valence-electron chi connectivity index (χ1n) is 9.40. The van der Waals surface area contributed by atoms with Crippen LogP contribution < -0.4 is 4.72 Å². The summed E-state index contributed by atoms with van der Waals surface area (Å²) in [6, 6.07) is 0.581. The van der Waals surface area contributed by atoms with E-state index in [1.165, 1.54) is 12.6 Å². The maximum atomic E-state index is 11.4. The molecule has 8 nitrogen and oxygen atoms in total. The normalized spacial score (nSPS) is 20.7. The standard InChI is InChI=1S/C18H29N5O3S/c1-13-17(19-12-20-18(13)24)14(2)22-10-6-16(7-11-22)23-8-4-15(5-9-23)21-27(3,25)26/h12,15-16,21H,2,4-11H2,1,3H3,(H,19,20,24). The second-order valence-electron chi connectivity index (χ2n) is 7.54. The molecule has 27 heavy (non-hydrogen) atoms. The predicted octanol–water partition coefficient (Wildman–Crippen LogP) is 0.939. The van der Waals surface area contributed by atoms with E-state index in [4.69, 9.17) is 0 Å². The Morgan fingerprint density at radius 3 is 2.41 bits per heavy atom. The van der Waals surface area contributed by atoms with Gasteiger partial charge >= 0.3 is 0 Å². The highest BCUT2D eigenvalue weighted by Crippen LogP contribution is 2.28. The molecule has 0 spiro atoms. The van der Waals surface area contributed by atoms with Crippen LogP contribution in [-0.2, 0) is 10.0 Å². The number of hydrogen-bond donors (Lipinski definition) is 2. The number of sulfonamides is 1. The summed E-state index contributed by atoms with van der Waals surface area (Å²) in [5, 5.41) is 9.79. The molecule has 2 saturated heterocycles. The number of aromatic hydroxyl groups is 1. The molecular weight excluding hydrogens is 366 g/mol. The molecular formula is C18H29N5O3S. The lowest BCUT2D eigenvalue weighted by Gasteiger charge is -2.42. The molecule has 0 amide bonds. The number of nitrogens with zero attached hydrogens (tertiary/aromatic N) is 4. The summed E-state index contributed by atoms with van der Waals surface area (Å²) >= 11 is 0. The minimum Gasteiger partial charge on any atom is -0.493 e. The van der Waals surface area contributed by atoms with Gasteiger partial charge in [-0.3, -0.25) is 0 Å². The van der Waals surface area contributed by atoms with Crippen molar-refractivity contribution in [3.63, 3.8) is 0 Å². The van der Waals surface area contributed by atoms with E-state index < -0.39 is 10.0 Å². The maximum Gasteiger partial charge on any atom is 0.217 e. The monoisotopic (exact) mass is 395 g/mol. The van der Waals surface area contributed by atoms with Crippen molar-refractivity contribution < 1.29 is 13.5 Å². The average molecular weight is 396 g/mol. The molecule has 0 radical (unpaired) electrons. The van der Waals surface area contributed by atoms with Gasteiger partial charge in [-0.2, -0.15) is 0 Å². The first-order chi connectivity index (χ1) is 12.7. The molecule has 2 aliphatic heterocycles. The number of piperidine rings is 2. The average Bonchev–Trinajstić information content (AvgIpc) is 2.63. The first kappa shape index (κ1) is 20.0. The fourth-order valence-corrected chi connectivity index (χ4v) is 4.91. The van der Waals surface area contributed by atoms with Gasteiger partial charge in [0, 0.05) is 30.7 Å². The molecule has 3 heterocycles. The van der Waals surface area contributed by atoms with Crippen LogP contribution >= 0.6 is 0 Å². The summed E-state index contributed by atoms with van der Waals surface area (Å²) < 4.78 is 25.5. The van der Waals surface area contributed by atoms with Crippen LogP contribution in [0.25, 0.3) is 5.70 Å². The van der Waals surface area contributed by atoms with Gasteiger partial charge in [0.25, 0.3) is 0 Å². The minimum atomic E-state index is -3.13. The summed E-state index contributed by atoms with van der Waals surface area (Å²) in [6.07, 6.45) is 6.39. The van der Waals surface area contributed by atoms with Crippen LogP contribution in [0, 0.1) is 6.92 Å². The third-order valence-corrected chi connectivity index (χ3v) is 6.37. The molecule has 0 atom stereocenters. The fraction of sp³-hybridized carbons (Fsp3) is 0.667. The van der Waals surface area contributed by atoms with Crippen molar-refractivity contribution in [2.45, 2.75) is 44.7 Å². The van der Waals surface area contributed by atoms with Crippen LogP contribution in [-0.4, -0.2) is 77.8 Å². The van der Waals surface area contributed by atoms with Gasteiger partial charge in [0.15, 0.2) is 0 Å². The molecule has 0 bridgehead atoms. The highest BCUT2D eigenvalue weighted by Gasteiger charge is 2.30. The lowest BCUT2D eigenvalue weighted by Crippen LogP contribution is -2.50. The van der Waals surface area contributed by atoms with Crippen molar-refractivity contribution >= 4 is 15.7 Å². The molecule has 0 aromatic carbocycles. The van der Waals surface area contributed by atoms with Crippen LogP contribution in [0.4, 0.5) is 0 Å². The van der Waals surface area contributed by atoms with E-state index in [1.807, 2.05) is 0 Å². The third-order valence-electron chi connectivity index (χ3n) is 5.60. The van der Waals surface area contributed by atoms with Gasteiger partial charge in [0.2, 0.25) is 15.9 Å². The molecule has 2 fully saturated rings. The molecule has 2 N–H and O–H groups in total. The Morgan fingerprint density at radius 1 is 1.19 bits per heavy atom. The molecule has 150 valence electrons. The van der Waals surface area contributed by atoms with Gasteiger partial charge in [-0.25, -0.2) is 23.1 Å². The molecule has 2 aliphatic rings. The Kier molecular flexibility index (Phi) is 6.02. The smallest absolute Gasteiger partial charge is 0.217 e. The first-order valence-corrected chi connectivity index (χ1v) is 11.3. The van der Waals surface area contributed by atoms with E-state index in [0.29, 0.717) is 17.3 Å². The van der Waals surface area contributed by atoms with Crippen molar-refractivity contribution in [3.8, 4) is 5.88 Å². The van der Waals surface area contributed by atoms with Crippen molar-refractivity contribution in [2.75, 3.05) is 32.4 Å². The number of rotatable bonds is 5. The topological polar surface area (TPSA) is 98.7 Å². The van der Waals surface area contributed by atoms with Crippen LogP contribution in [0.3, 0.4) is 0 Å². The highest BCUT2D eigenvalue weighted by atomic mass is 32.2. The van der Waals surface area contributed by atoms with Crippen LogP contribution in [0.15, 0.2) is 12.9 Å². The van der Waals surface area contributed by atoms with Crippen LogP contribution in [0.2, 0.25) is 0 Å². The van der Waals surface area contributed by atoms with Crippen LogP contribution in [0.5, 0.6) is 5.88 Å². The molecule has 0 aliphatic carbocycles. The van der Waals surface area contributed by atoms with Gasteiger partial charge in [-0.05, 0) is 45.7 Å². The lowest BCUT2D eigenvalue weighted by molar-refractivity contribution is 0.104. The summed E-state index contributed by atoms with van der Waals surface area (Å²) in [7, 11) is -3.13. The quantitative estimate of drug-likeness (QED) is 0.765. The van der Waals surface area contributed by atoms with E-state index in [-0.39, 0.29) is 11.9 Å². The van der Waals surface area contributed by atoms with Gasteiger partial charge in [0.1, 0.15) is 6.33 Å². The zero-order valence-corrected chi connectivity index (χ0v) is 16.9. The zero-order valence-electron chi connectivity index (χ0n) is 16.1. The number of likely N-dealkylation sites (tertiary alicyclic amines) is 2. The van der Waals surface area contributed by atoms with E-state index in [2.05, 4.69) is 31.1 Å². The minimum absolute atomic E-state index is 0.00149. The summed E-state index contributed by atoms with van der Waals surface area (Å²) in [5.41, 5.74) is 2.19.